The molecule has 3 fully saturated rings. The summed E-state index contributed by atoms with van der Waals surface area (Å²) in [5, 5.41) is 13.9. The van der Waals surface area contributed by atoms with Crippen LogP contribution in [0.3, 0.4) is 0 Å². The molecular weight excluding hydrogens is 348 g/mol. The first-order chi connectivity index (χ1) is 12.1. The predicted molar refractivity (Wildman–Crippen MR) is 105 cm³/mol. The smallest absolute Gasteiger partial charge is 0.223 e. The maximum atomic E-state index is 12.7. The Balaban J connectivity index is 0.00000196. The maximum absolute atomic E-state index is 12.7. The van der Waals surface area contributed by atoms with Gasteiger partial charge in [-0.3, -0.25) is 4.79 Å². The molecule has 4 nitrogen and oxygen atoms in total. The maximum Gasteiger partial charge on any atom is 0.223 e. The van der Waals surface area contributed by atoms with Crippen LogP contribution in [0.25, 0.3) is 0 Å². The van der Waals surface area contributed by atoms with Crippen LogP contribution in [-0.2, 0) is 4.79 Å². The van der Waals surface area contributed by atoms with Gasteiger partial charge in [-0.1, -0.05) is 36.8 Å². The number of hydrogen-bond donors (Lipinski definition) is 3. The molecule has 1 amide bonds. The number of carbonyl (C=O) groups excluding carboxylic acids is 1. The molecular formula is C21H31ClN2O2. The van der Waals surface area contributed by atoms with E-state index in [1.807, 2.05) is 30.3 Å². The van der Waals surface area contributed by atoms with Crippen molar-refractivity contribution in [2.45, 2.75) is 57.1 Å². The molecule has 0 heterocycles. The summed E-state index contributed by atoms with van der Waals surface area (Å²) in [6.45, 7) is 0.583. The molecule has 26 heavy (non-hydrogen) atoms. The molecule has 0 radical (unpaired) electrons. The largest absolute Gasteiger partial charge is 0.388 e. The van der Waals surface area contributed by atoms with Gasteiger partial charge in [-0.05, 0) is 55.9 Å². The van der Waals surface area contributed by atoms with Crippen molar-refractivity contribution in [3.8, 4) is 0 Å². The zero-order valence-electron chi connectivity index (χ0n) is 15.3. The van der Waals surface area contributed by atoms with Crippen molar-refractivity contribution in [1.82, 2.24) is 5.32 Å². The summed E-state index contributed by atoms with van der Waals surface area (Å²) >= 11 is 0. The molecule has 144 valence electrons. The first-order valence-corrected chi connectivity index (χ1v) is 9.85. The summed E-state index contributed by atoms with van der Waals surface area (Å²) < 4.78 is 0. The van der Waals surface area contributed by atoms with E-state index in [9.17, 15) is 9.90 Å². The SMILES string of the molecule is Cl.NC1C2CCCC1CC(C(=O)NCC1(C(O)c3ccccc3)CC1)C2. The Morgan fingerprint density at radius 2 is 1.81 bits per heavy atom. The normalized spacial score (nSPS) is 32.8. The van der Waals surface area contributed by atoms with Gasteiger partial charge >= 0.3 is 0 Å². The highest BCUT2D eigenvalue weighted by molar-refractivity contribution is 5.85. The molecule has 3 atom stereocenters. The highest BCUT2D eigenvalue weighted by Crippen LogP contribution is 2.54. The lowest BCUT2D eigenvalue weighted by Crippen LogP contribution is -2.49. The van der Waals surface area contributed by atoms with Gasteiger partial charge in [0.05, 0.1) is 6.10 Å². The van der Waals surface area contributed by atoms with Gasteiger partial charge in [0.25, 0.3) is 0 Å². The van der Waals surface area contributed by atoms with Crippen molar-refractivity contribution in [3.05, 3.63) is 35.9 Å². The molecule has 0 spiro atoms. The number of hydrogen-bond acceptors (Lipinski definition) is 3. The lowest BCUT2D eigenvalue weighted by atomic mass is 9.65. The van der Waals surface area contributed by atoms with Gasteiger partial charge in [-0.2, -0.15) is 0 Å². The molecule has 1 aromatic rings. The number of aliphatic hydroxyl groups excluding tert-OH is 1. The van der Waals surface area contributed by atoms with Crippen molar-refractivity contribution in [2.75, 3.05) is 6.54 Å². The number of fused-ring (bicyclic) bond motifs is 2. The molecule has 0 aliphatic heterocycles. The Morgan fingerprint density at radius 1 is 1.19 bits per heavy atom. The number of halogens is 1. The summed E-state index contributed by atoms with van der Waals surface area (Å²) in [4.78, 5) is 12.7. The fourth-order valence-corrected chi connectivity index (χ4v) is 5.11. The number of nitrogens with two attached hydrogens (primary N) is 1. The Hall–Kier alpha value is -1.10. The molecule has 3 aliphatic rings. The Labute approximate surface area is 162 Å². The second kappa shape index (κ2) is 7.87. The van der Waals surface area contributed by atoms with Crippen LogP contribution in [0.4, 0.5) is 0 Å². The van der Waals surface area contributed by atoms with E-state index >= 15 is 0 Å². The van der Waals surface area contributed by atoms with Gasteiger partial charge in [0, 0.05) is 23.9 Å². The van der Waals surface area contributed by atoms with Crippen molar-refractivity contribution < 1.29 is 9.90 Å². The van der Waals surface area contributed by atoms with Gasteiger partial charge in [-0.25, -0.2) is 0 Å². The first-order valence-electron chi connectivity index (χ1n) is 9.85. The summed E-state index contributed by atoms with van der Waals surface area (Å²) in [6, 6.07) is 10.1. The Morgan fingerprint density at radius 3 is 2.38 bits per heavy atom. The van der Waals surface area contributed by atoms with Crippen LogP contribution < -0.4 is 11.1 Å². The van der Waals surface area contributed by atoms with E-state index in [2.05, 4.69) is 5.32 Å². The lowest BCUT2D eigenvalue weighted by Gasteiger charge is -2.43. The number of rotatable bonds is 5. The van der Waals surface area contributed by atoms with E-state index in [0.717, 1.165) is 31.2 Å². The zero-order valence-corrected chi connectivity index (χ0v) is 16.1. The van der Waals surface area contributed by atoms with Crippen molar-refractivity contribution in [3.63, 3.8) is 0 Å². The van der Waals surface area contributed by atoms with Crippen molar-refractivity contribution in [1.29, 1.82) is 0 Å². The van der Waals surface area contributed by atoms with E-state index in [0.29, 0.717) is 24.4 Å². The van der Waals surface area contributed by atoms with Crippen LogP contribution in [-0.4, -0.2) is 23.6 Å². The van der Waals surface area contributed by atoms with Gasteiger partial charge in [0.15, 0.2) is 0 Å². The summed E-state index contributed by atoms with van der Waals surface area (Å²) in [5.74, 6) is 1.33. The minimum Gasteiger partial charge on any atom is -0.388 e. The van der Waals surface area contributed by atoms with E-state index in [-0.39, 0.29) is 29.6 Å². The fourth-order valence-electron chi connectivity index (χ4n) is 5.11. The predicted octanol–water partition coefficient (Wildman–Crippen LogP) is 3.19. The number of aliphatic hydroxyl groups is 1. The number of carbonyl (C=O) groups is 1. The van der Waals surface area contributed by atoms with Gasteiger partial charge in [0.1, 0.15) is 0 Å². The van der Waals surface area contributed by atoms with Crippen LogP contribution in [0.5, 0.6) is 0 Å². The topological polar surface area (TPSA) is 75.4 Å². The molecule has 3 aliphatic carbocycles. The number of benzene rings is 1. The average Bonchev–Trinajstić information content (AvgIpc) is 3.41. The molecule has 4 N–H and O–H groups in total. The van der Waals surface area contributed by atoms with Crippen molar-refractivity contribution >= 4 is 18.3 Å². The van der Waals surface area contributed by atoms with Crippen molar-refractivity contribution in [2.24, 2.45) is 28.9 Å². The zero-order chi connectivity index (χ0) is 17.4. The van der Waals surface area contributed by atoms with Crippen LogP contribution >= 0.6 is 12.4 Å². The molecule has 3 saturated carbocycles. The van der Waals surface area contributed by atoms with Crippen LogP contribution in [0.1, 0.15) is 56.6 Å². The molecule has 2 bridgehead atoms. The highest BCUT2D eigenvalue weighted by Gasteiger charge is 2.50. The molecule has 3 unspecified atom stereocenters. The van der Waals surface area contributed by atoms with E-state index in [4.69, 9.17) is 5.73 Å². The van der Waals surface area contributed by atoms with E-state index in [1.54, 1.807) is 0 Å². The van der Waals surface area contributed by atoms with Crippen LogP contribution in [0.15, 0.2) is 30.3 Å². The van der Waals surface area contributed by atoms with Crippen LogP contribution in [0, 0.1) is 23.2 Å². The van der Waals surface area contributed by atoms with E-state index < -0.39 is 6.10 Å². The highest BCUT2D eigenvalue weighted by atomic mass is 35.5. The third-order valence-electron chi connectivity index (χ3n) is 6.99. The Bertz CT molecular complexity index is 606. The quantitative estimate of drug-likeness (QED) is 0.736. The third kappa shape index (κ3) is 3.78. The molecule has 4 rings (SSSR count). The summed E-state index contributed by atoms with van der Waals surface area (Å²) in [7, 11) is 0. The van der Waals surface area contributed by atoms with Crippen LogP contribution in [0.2, 0.25) is 0 Å². The fraction of sp³-hybridized carbons (Fsp3) is 0.667. The third-order valence-corrected chi connectivity index (χ3v) is 6.99. The molecule has 5 heteroatoms. The van der Waals surface area contributed by atoms with Gasteiger partial charge < -0.3 is 16.2 Å². The molecule has 1 aromatic carbocycles. The number of nitrogens with one attached hydrogen (secondary N) is 1. The Kier molecular flexibility index (Phi) is 5.95. The second-order valence-electron chi connectivity index (χ2n) is 8.59. The second-order valence-corrected chi connectivity index (χ2v) is 8.59. The molecule has 0 saturated heterocycles. The number of amides is 1. The standard InChI is InChI=1S/C21H30N2O2.ClH/c22-18-15-7-4-8-16(18)12-17(11-15)20(25)23-13-21(9-10-21)19(24)14-5-2-1-3-6-14;/h1-3,5-6,15-19,24H,4,7-13,22H2,(H,23,25);1H. The minimum atomic E-state index is -0.492. The molecule has 0 aromatic heterocycles. The van der Waals surface area contributed by atoms with Gasteiger partial charge in [0.2, 0.25) is 5.91 Å². The average molecular weight is 379 g/mol. The van der Waals surface area contributed by atoms with Gasteiger partial charge in [-0.15, -0.1) is 12.4 Å². The van der Waals surface area contributed by atoms with E-state index in [1.165, 1.54) is 19.3 Å². The first kappa shape index (κ1) is 19.7. The monoisotopic (exact) mass is 378 g/mol. The lowest BCUT2D eigenvalue weighted by molar-refractivity contribution is -0.128. The summed E-state index contributed by atoms with van der Waals surface area (Å²) in [5.41, 5.74) is 7.12. The summed E-state index contributed by atoms with van der Waals surface area (Å²) in [6.07, 6.45) is 6.97. The minimum absolute atomic E-state index is 0.